The molecule has 5 heteroatoms. The number of hydrogen-bond acceptors (Lipinski definition) is 4. The molecular formula is C22H21N3O2. The Balaban J connectivity index is 1.92. The number of piperazine rings is 1. The van der Waals surface area contributed by atoms with E-state index in [1.54, 1.807) is 11.6 Å². The van der Waals surface area contributed by atoms with Crippen LogP contribution in [0.3, 0.4) is 0 Å². The average molecular weight is 359 g/mol. The Morgan fingerprint density at radius 2 is 1.44 bits per heavy atom. The van der Waals surface area contributed by atoms with E-state index in [1.807, 2.05) is 42.5 Å². The molecule has 27 heavy (non-hydrogen) atoms. The highest BCUT2D eigenvalue weighted by atomic mass is 16.1. The maximum atomic E-state index is 13.4. The van der Waals surface area contributed by atoms with Gasteiger partial charge in [-0.05, 0) is 18.7 Å². The average Bonchev–Trinajstić information content (AvgIpc) is 2.70. The first-order chi connectivity index (χ1) is 13.1. The van der Waals surface area contributed by atoms with Crippen molar-refractivity contribution in [1.82, 2.24) is 9.47 Å². The summed E-state index contributed by atoms with van der Waals surface area (Å²) in [6.45, 7) is 3.46. The summed E-state index contributed by atoms with van der Waals surface area (Å²) in [6.07, 6.45) is 0. The molecule has 5 rings (SSSR count). The standard InChI is InChI=1S/C22H21N3O2/c1-23-10-12-25(13-11-23)20-19-14-6-3-4-7-15(14)21(26)16-8-5-9-17(18(16)19)24(2)22(20)27/h3-9H,10-13H2,1-2H3. The van der Waals surface area contributed by atoms with E-state index in [9.17, 15) is 9.59 Å². The fraction of sp³-hybridized carbons (Fsp3) is 0.273. The van der Waals surface area contributed by atoms with Crippen LogP contribution in [0.2, 0.25) is 0 Å². The Kier molecular flexibility index (Phi) is 3.49. The first kappa shape index (κ1) is 16.3. The van der Waals surface area contributed by atoms with Crippen molar-refractivity contribution >= 4 is 22.4 Å². The summed E-state index contributed by atoms with van der Waals surface area (Å²) in [5, 5.41) is 0.900. The molecule has 2 aliphatic rings. The van der Waals surface area contributed by atoms with E-state index in [4.69, 9.17) is 0 Å². The van der Waals surface area contributed by atoms with E-state index < -0.39 is 0 Å². The quantitative estimate of drug-likeness (QED) is 0.524. The van der Waals surface area contributed by atoms with Gasteiger partial charge in [0.2, 0.25) is 0 Å². The Morgan fingerprint density at radius 3 is 2.19 bits per heavy atom. The molecule has 0 atom stereocenters. The third-order valence-corrected chi connectivity index (χ3v) is 5.90. The number of anilines is 1. The van der Waals surface area contributed by atoms with Gasteiger partial charge in [0.05, 0.1) is 5.52 Å². The van der Waals surface area contributed by atoms with Crippen molar-refractivity contribution in [3.63, 3.8) is 0 Å². The van der Waals surface area contributed by atoms with E-state index in [1.165, 1.54) is 0 Å². The van der Waals surface area contributed by atoms with Gasteiger partial charge in [-0.25, -0.2) is 0 Å². The Morgan fingerprint density at radius 1 is 0.778 bits per heavy atom. The monoisotopic (exact) mass is 359 g/mol. The fourth-order valence-corrected chi connectivity index (χ4v) is 4.40. The first-order valence-electron chi connectivity index (χ1n) is 9.31. The Labute approximate surface area is 157 Å². The van der Waals surface area contributed by atoms with Crippen LogP contribution in [0.4, 0.5) is 5.69 Å². The number of likely N-dealkylation sites (N-methyl/N-ethyl adjacent to an activating group) is 1. The number of benzene rings is 2. The van der Waals surface area contributed by atoms with Crippen molar-refractivity contribution in [1.29, 1.82) is 0 Å². The lowest BCUT2D eigenvalue weighted by Crippen LogP contribution is -2.47. The van der Waals surface area contributed by atoms with Crippen LogP contribution in [0.25, 0.3) is 22.0 Å². The highest BCUT2D eigenvalue weighted by Gasteiger charge is 2.31. The summed E-state index contributed by atoms with van der Waals surface area (Å²) < 4.78 is 1.69. The zero-order valence-electron chi connectivity index (χ0n) is 15.5. The summed E-state index contributed by atoms with van der Waals surface area (Å²) in [5.74, 6) is 0.0340. The lowest BCUT2D eigenvalue weighted by molar-refractivity contribution is 0.104. The third kappa shape index (κ3) is 2.21. The molecule has 0 radical (unpaired) electrons. The van der Waals surface area contributed by atoms with Crippen molar-refractivity contribution in [3.8, 4) is 11.1 Å². The summed E-state index contributed by atoms with van der Waals surface area (Å²) in [6, 6.07) is 13.3. The molecule has 0 N–H and O–H groups in total. The molecule has 3 aromatic rings. The summed E-state index contributed by atoms with van der Waals surface area (Å²) in [7, 11) is 3.90. The normalized spacial score (nSPS) is 16.7. The van der Waals surface area contributed by atoms with Crippen molar-refractivity contribution in [3.05, 3.63) is 63.9 Å². The van der Waals surface area contributed by atoms with Crippen LogP contribution in [-0.2, 0) is 7.05 Å². The zero-order valence-corrected chi connectivity index (χ0v) is 15.5. The minimum absolute atomic E-state index is 0.00311. The molecular weight excluding hydrogens is 338 g/mol. The summed E-state index contributed by atoms with van der Waals surface area (Å²) in [5.41, 5.74) is 4.71. The number of aryl methyl sites for hydroxylation is 1. The van der Waals surface area contributed by atoms with Crippen LogP contribution in [0.5, 0.6) is 0 Å². The number of pyridine rings is 1. The molecule has 0 saturated carbocycles. The predicted octanol–water partition coefficient (Wildman–Crippen LogP) is 2.50. The highest BCUT2D eigenvalue weighted by Crippen LogP contribution is 2.43. The van der Waals surface area contributed by atoms with Crippen LogP contribution >= 0.6 is 0 Å². The molecule has 0 amide bonds. The topological polar surface area (TPSA) is 45.5 Å². The molecule has 0 unspecified atom stereocenters. The van der Waals surface area contributed by atoms with Gasteiger partial charge < -0.3 is 14.4 Å². The minimum Gasteiger partial charge on any atom is -0.364 e. The van der Waals surface area contributed by atoms with Gasteiger partial charge in [0.1, 0.15) is 5.69 Å². The second-order valence-corrected chi connectivity index (χ2v) is 7.45. The van der Waals surface area contributed by atoms with E-state index in [2.05, 4.69) is 16.8 Å². The van der Waals surface area contributed by atoms with E-state index in [0.717, 1.165) is 53.9 Å². The smallest absolute Gasteiger partial charge is 0.274 e. The van der Waals surface area contributed by atoms with E-state index in [0.29, 0.717) is 11.1 Å². The van der Waals surface area contributed by atoms with Gasteiger partial charge in [0.25, 0.3) is 5.56 Å². The molecule has 0 bridgehead atoms. The number of carbonyl (C=O) groups excluding carboxylic acids is 1. The van der Waals surface area contributed by atoms with Gasteiger partial charge in [-0.1, -0.05) is 36.4 Å². The van der Waals surface area contributed by atoms with Gasteiger partial charge in [-0.3, -0.25) is 9.59 Å². The highest BCUT2D eigenvalue weighted by molar-refractivity contribution is 6.26. The lowest BCUT2D eigenvalue weighted by atomic mass is 9.83. The SMILES string of the molecule is CN1CCN(c2c3c4c(cccc4n(C)c2=O)C(=O)c2ccccc2-3)CC1. The second-order valence-electron chi connectivity index (χ2n) is 7.45. The van der Waals surface area contributed by atoms with Gasteiger partial charge >= 0.3 is 0 Å². The minimum atomic E-state index is 0.00311. The summed E-state index contributed by atoms with van der Waals surface area (Å²) in [4.78, 5) is 31.0. The number of fused-ring (bicyclic) bond motifs is 2. The Hall–Kier alpha value is -2.92. The number of hydrogen-bond donors (Lipinski definition) is 0. The van der Waals surface area contributed by atoms with Crippen LogP contribution < -0.4 is 10.5 Å². The molecule has 1 aliphatic carbocycles. The molecule has 1 fully saturated rings. The van der Waals surface area contributed by atoms with Crippen LogP contribution in [0, 0.1) is 0 Å². The van der Waals surface area contributed by atoms with Gasteiger partial charge in [-0.2, -0.15) is 0 Å². The van der Waals surface area contributed by atoms with Crippen molar-refractivity contribution in [2.75, 3.05) is 38.1 Å². The van der Waals surface area contributed by atoms with E-state index >= 15 is 0 Å². The zero-order chi connectivity index (χ0) is 18.7. The number of ketones is 1. The Bertz CT molecular complexity index is 1150. The largest absolute Gasteiger partial charge is 0.364 e. The van der Waals surface area contributed by atoms with Crippen LogP contribution in [0.15, 0.2) is 47.3 Å². The van der Waals surface area contributed by atoms with Gasteiger partial charge in [-0.15, -0.1) is 0 Å². The summed E-state index contributed by atoms with van der Waals surface area (Å²) >= 11 is 0. The lowest BCUT2D eigenvalue weighted by Gasteiger charge is -2.36. The van der Waals surface area contributed by atoms with Gasteiger partial charge in [0, 0.05) is 55.3 Å². The molecule has 1 aromatic heterocycles. The number of nitrogens with zero attached hydrogens (tertiary/aromatic N) is 3. The third-order valence-electron chi connectivity index (χ3n) is 5.90. The fourth-order valence-electron chi connectivity index (χ4n) is 4.40. The number of rotatable bonds is 1. The molecule has 1 saturated heterocycles. The van der Waals surface area contributed by atoms with Crippen molar-refractivity contribution < 1.29 is 4.79 Å². The molecule has 136 valence electrons. The molecule has 2 heterocycles. The molecule has 5 nitrogen and oxygen atoms in total. The number of aromatic nitrogens is 1. The maximum absolute atomic E-state index is 13.4. The van der Waals surface area contributed by atoms with Crippen molar-refractivity contribution in [2.45, 2.75) is 0 Å². The first-order valence-corrected chi connectivity index (χ1v) is 9.31. The van der Waals surface area contributed by atoms with Gasteiger partial charge in [0.15, 0.2) is 5.78 Å². The van der Waals surface area contributed by atoms with Crippen LogP contribution in [-0.4, -0.2) is 48.5 Å². The predicted molar refractivity (Wildman–Crippen MR) is 108 cm³/mol. The van der Waals surface area contributed by atoms with Crippen LogP contribution in [0.1, 0.15) is 15.9 Å². The molecule has 2 aromatic carbocycles. The molecule has 0 spiro atoms. The van der Waals surface area contributed by atoms with Crippen molar-refractivity contribution in [2.24, 2.45) is 7.05 Å². The van der Waals surface area contributed by atoms with E-state index in [-0.39, 0.29) is 11.3 Å². The maximum Gasteiger partial charge on any atom is 0.274 e. The molecule has 1 aliphatic heterocycles. The number of carbonyl (C=O) groups is 1. The second kappa shape index (κ2) is 5.79.